The molecule has 3 aromatic carbocycles. The summed E-state index contributed by atoms with van der Waals surface area (Å²) >= 11 is 0. The van der Waals surface area contributed by atoms with Gasteiger partial charge in [0.15, 0.2) is 5.69 Å². The maximum absolute atomic E-state index is 13.2. The van der Waals surface area contributed by atoms with E-state index in [2.05, 4.69) is 15.3 Å². The maximum atomic E-state index is 13.2. The molecule has 0 atom stereocenters. The number of hydrogen-bond acceptors (Lipinski definition) is 5. The zero-order valence-electron chi connectivity index (χ0n) is 17.4. The highest BCUT2D eigenvalue weighted by Gasteiger charge is 2.17. The van der Waals surface area contributed by atoms with Gasteiger partial charge in [-0.2, -0.15) is 0 Å². The number of aromatic nitrogens is 2. The third-order valence-electron chi connectivity index (χ3n) is 5.16. The third-order valence-corrected chi connectivity index (χ3v) is 5.16. The SMILES string of the molecule is Cc1ccc(-n2[nH]c(-c3ccccc3)c(N=Nc3ccc(C(=O)O)cc3O)c2=O)cc1C. The van der Waals surface area contributed by atoms with Gasteiger partial charge in [0.05, 0.1) is 16.9 Å². The van der Waals surface area contributed by atoms with E-state index >= 15 is 0 Å². The lowest BCUT2D eigenvalue weighted by Crippen LogP contribution is -2.14. The maximum Gasteiger partial charge on any atom is 0.335 e. The van der Waals surface area contributed by atoms with E-state index in [-0.39, 0.29) is 22.7 Å². The summed E-state index contributed by atoms with van der Waals surface area (Å²) in [6.07, 6.45) is 0. The molecule has 0 saturated heterocycles. The smallest absolute Gasteiger partial charge is 0.335 e. The largest absolute Gasteiger partial charge is 0.506 e. The molecule has 0 aliphatic heterocycles. The van der Waals surface area contributed by atoms with E-state index in [4.69, 9.17) is 5.11 Å². The van der Waals surface area contributed by atoms with Crippen LogP contribution in [-0.2, 0) is 0 Å². The van der Waals surface area contributed by atoms with Crippen LogP contribution in [0.15, 0.2) is 81.8 Å². The van der Waals surface area contributed by atoms with Gasteiger partial charge in [-0.05, 0) is 55.3 Å². The van der Waals surface area contributed by atoms with Gasteiger partial charge in [-0.1, -0.05) is 36.4 Å². The number of azo groups is 1. The molecule has 3 N–H and O–H groups in total. The fourth-order valence-electron chi connectivity index (χ4n) is 3.22. The lowest BCUT2D eigenvalue weighted by molar-refractivity contribution is 0.0696. The Morgan fingerprint density at radius 2 is 1.69 bits per heavy atom. The summed E-state index contributed by atoms with van der Waals surface area (Å²) in [4.78, 5) is 24.3. The van der Waals surface area contributed by atoms with Gasteiger partial charge in [-0.25, -0.2) is 9.48 Å². The second-order valence-electron chi connectivity index (χ2n) is 7.32. The van der Waals surface area contributed by atoms with Gasteiger partial charge < -0.3 is 10.2 Å². The van der Waals surface area contributed by atoms with Crippen LogP contribution in [0.5, 0.6) is 5.75 Å². The lowest BCUT2D eigenvalue weighted by atomic mass is 10.1. The normalized spacial score (nSPS) is 11.2. The average molecular weight is 428 g/mol. The van der Waals surface area contributed by atoms with Crippen LogP contribution in [0, 0.1) is 13.8 Å². The number of carboxylic acids is 1. The molecule has 0 bridgehead atoms. The summed E-state index contributed by atoms with van der Waals surface area (Å²) in [6.45, 7) is 3.96. The molecule has 160 valence electrons. The summed E-state index contributed by atoms with van der Waals surface area (Å²) in [5.41, 5.74) is 3.65. The zero-order chi connectivity index (χ0) is 22.8. The molecular formula is C24H20N4O4. The first-order valence-corrected chi connectivity index (χ1v) is 9.81. The van der Waals surface area contributed by atoms with E-state index in [1.807, 2.05) is 62.4 Å². The first-order chi connectivity index (χ1) is 15.3. The van der Waals surface area contributed by atoms with Crippen molar-refractivity contribution < 1.29 is 15.0 Å². The minimum atomic E-state index is -1.17. The van der Waals surface area contributed by atoms with E-state index in [1.165, 1.54) is 16.8 Å². The van der Waals surface area contributed by atoms with Crippen LogP contribution in [0.2, 0.25) is 0 Å². The van der Waals surface area contributed by atoms with Crippen molar-refractivity contribution in [1.82, 2.24) is 9.78 Å². The topological polar surface area (TPSA) is 120 Å². The number of aromatic carboxylic acids is 1. The van der Waals surface area contributed by atoms with Crippen LogP contribution in [-0.4, -0.2) is 26.0 Å². The van der Waals surface area contributed by atoms with Crippen LogP contribution >= 0.6 is 0 Å². The van der Waals surface area contributed by atoms with Gasteiger partial charge in [0.25, 0.3) is 5.56 Å². The third kappa shape index (κ3) is 3.93. The predicted molar refractivity (Wildman–Crippen MR) is 121 cm³/mol. The highest BCUT2D eigenvalue weighted by molar-refractivity contribution is 5.88. The molecule has 0 aliphatic carbocycles. The minimum absolute atomic E-state index is 0.0485. The molecular weight excluding hydrogens is 408 g/mol. The summed E-state index contributed by atoms with van der Waals surface area (Å²) in [6, 6.07) is 18.6. The number of aromatic hydroxyl groups is 1. The number of carboxylic acid groups (broad SMARTS) is 1. The van der Waals surface area contributed by atoms with Crippen LogP contribution in [0.1, 0.15) is 21.5 Å². The number of aryl methyl sites for hydroxylation is 2. The van der Waals surface area contributed by atoms with Crippen molar-refractivity contribution in [2.24, 2.45) is 10.2 Å². The molecule has 1 aromatic heterocycles. The van der Waals surface area contributed by atoms with E-state index in [1.54, 1.807) is 0 Å². The Hall–Kier alpha value is -4.46. The van der Waals surface area contributed by atoms with Gasteiger partial charge >= 0.3 is 5.97 Å². The fourth-order valence-corrected chi connectivity index (χ4v) is 3.22. The van der Waals surface area contributed by atoms with Crippen LogP contribution in [0.3, 0.4) is 0 Å². The Bertz CT molecular complexity index is 1400. The number of nitrogens with one attached hydrogen (secondary N) is 1. The number of benzene rings is 3. The standard InChI is InChI=1S/C24H20N4O4/c1-14-8-10-18(12-15(14)2)28-23(30)22(21(27-28)16-6-4-3-5-7-16)26-25-19-11-9-17(24(31)32)13-20(19)29/h3-13,27,29H,1-2H3,(H,31,32). The lowest BCUT2D eigenvalue weighted by Gasteiger charge is -2.05. The number of carbonyl (C=O) groups is 1. The van der Waals surface area contributed by atoms with Crippen molar-refractivity contribution in [1.29, 1.82) is 0 Å². The van der Waals surface area contributed by atoms with E-state index in [9.17, 15) is 14.7 Å². The summed E-state index contributed by atoms with van der Waals surface area (Å²) < 4.78 is 1.40. The number of phenols is 1. The average Bonchev–Trinajstić information content (AvgIpc) is 3.11. The van der Waals surface area contributed by atoms with Crippen molar-refractivity contribution in [3.8, 4) is 22.7 Å². The van der Waals surface area contributed by atoms with Gasteiger partial charge in [-0.15, -0.1) is 10.2 Å². The van der Waals surface area contributed by atoms with Gasteiger partial charge in [0, 0.05) is 5.56 Å². The number of rotatable bonds is 5. The molecule has 1 heterocycles. The molecule has 0 saturated carbocycles. The van der Waals surface area contributed by atoms with Crippen LogP contribution < -0.4 is 5.56 Å². The van der Waals surface area contributed by atoms with Crippen molar-refractivity contribution in [2.75, 3.05) is 0 Å². The highest BCUT2D eigenvalue weighted by atomic mass is 16.4. The van der Waals surface area contributed by atoms with E-state index in [0.29, 0.717) is 11.4 Å². The number of H-pyrrole nitrogens is 1. The number of nitrogens with zero attached hydrogens (tertiary/aromatic N) is 3. The van der Waals surface area contributed by atoms with Crippen LogP contribution in [0.4, 0.5) is 11.4 Å². The minimum Gasteiger partial charge on any atom is -0.506 e. The Labute approximate surface area is 183 Å². The van der Waals surface area contributed by atoms with Gasteiger partial charge in [0.1, 0.15) is 11.4 Å². The summed E-state index contributed by atoms with van der Waals surface area (Å²) in [5, 5.41) is 30.4. The second-order valence-corrected chi connectivity index (χ2v) is 7.32. The van der Waals surface area contributed by atoms with Gasteiger partial charge in [0.2, 0.25) is 0 Å². The monoisotopic (exact) mass is 428 g/mol. The Kier molecular flexibility index (Phi) is 5.43. The number of aromatic amines is 1. The van der Waals surface area contributed by atoms with Crippen molar-refractivity contribution in [3.05, 3.63) is 93.8 Å². The summed E-state index contributed by atoms with van der Waals surface area (Å²) in [7, 11) is 0. The Morgan fingerprint density at radius 1 is 0.938 bits per heavy atom. The molecule has 0 fully saturated rings. The molecule has 0 spiro atoms. The number of hydrogen-bond donors (Lipinski definition) is 3. The molecule has 32 heavy (non-hydrogen) atoms. The quantitative estimate of drug-likeness (QED) is 0.375. The molecule has 8 heteroatoms. The molecule has 0 unspecified atom stereocenters. The highest BCUT2D eigenvalue weighted by Crippen LogP contribution is 2.32. The van der Waals surface area contributed by atoms with Crippen molar-refractivity contribution in [2.45, 2.75) is 13.8 Å². The molecule has 0 aliphatic rings. The predicted octanol–water partition coefficient (Wildman–Crippen LogP) is 5.27. The first kappa shape index (κ1) is 20.8. The zero-order valence-corrected chi connectivity index (χ0v) is 17.4. The van der Waals surface area contributed by atoms with Crippen molar-refractivity contribution in [3.63, 3.8) is 0 Å². The van der Waals surface area contributed by atoms with E-state index < -0.39 is 11.5 Å². The molecule has 8 nitrogen and oxygen atoms in total. The molecule has 4 aromatic rings. The second kappa shape index (κ2) is 8.35. The fraction of sp³-hybridized carbons (Fsp3) is 0.0833. The number of phenolic OH excluding ortho intramolecular Hbond substituents is 1. The van der Waals surface area contributed by atoms with E-state index in [0.717, 1.165) is 22.8 Å². The Balaban J connectivity index is 1.84. The molecule has 4 rings (SSSR count). The molecule has 0 radical (unpaired) electrons. The summed E-state index contributed by atoms with van der Waals surface area (Å²) in [5.74, 6) is -1.52. The molecule has 0 amide bonds. The van der Waals surface area contributed by atoms with Crippen molar-refractivity contribution >= 4 is 17.3 Å². The van der Waals surface area contributed by atoms with Crippen LogP contribution in [0.25, 0.3) is 16.9 Å². The Morgan fingerprint density at radius 3 is 2.34 bits per heavy atom. The first-order valence-electron chi connectivity index (χ1n) is 9.81. The van der Waals surface area contributed by atoms with Gasteiger partial charge in [-0.3, -0.25) is 9.89 Å².